The van der Waals surface area contributed by atoms with Gasteiger partial charge in [0.2, 0.25) is 0 Å². The minimum atomic E-state index is -1.17. The molecule has 30 heavy (non-hydrogen) atoms. The van der Waals surface area contributed by atoms with Crippen LogP contribution in [0, 0.1) is 11.8 Å². The summed E-state index contributed by atoms with van der Waals surface area (Å²) in [5.41, 5.74) is 0.155. The molecule has 1 saturated carbocycles. The molecule has 0 bridgehead atoms. The number of rotatable bonds is 5. The highest BCUT2D eigenvalue weighted by Gasteiger charge is 2.42. The summed E-state index contributed by atoms with van der Waals surface area (Å²) in [6, 6.07) is 18.6. The van der Waals surface area contributed by atoms with Crippen molar-refractivity contribution in [3.05, 3.63) is 71.8 Å². The summed E-state index contributed by atoms with van der Waals surface area (Å²) in [5.74, 6) is 5.85. The van der Waals surface area contributed by atoms with Crippen molar-refractivity contribution in [3.63, 3.8) is 0 Å². The lowest BCUT2D eigenvalue weighted by molar-refractivity contribution is -0.158. The molecule has 0 spiro atoms. The number of carbonyl (C=O) groups is 1. The Morgan fingerprint density at radius 3 is 2.43 bits per heavy atom. The number of hydrogen-bond acceptors (Lipinski definition) is 4. The lowest BCUT2D eigenvalue weighted by Crippen LogP contribution is -2.54. The maximum Gasteiger partial charge on any atom is 0.324 e. The van der Waals surface area contributed by atoms with Gasteiger partial charge in [-0.3, -0.25) is 10.1 Å². The van der Waals surface area contributed by atoms with E-state index in [2.05, 4.69) is 17.2 Å². The van der Waals surface area contributed by atoms with Crippen molar-refractivity contribution < 1.29 is 14.6 Å². The third-order valence-electron chi connectivity index (χ3n) is 5.20. The molecular formula is C26H31NO3. The third kappa shape index (κ3) is 6.19. The number of nitrogens with one attached hydrogen (secondary N) is 1. The van der Waals surface area contributed by atoms with E-state index in [1.807, 2.05) is 81.4 Å². The summed E-state index contributed by atoms with van der Waals surface area (Å²) in [5, 5.41) is 14.6. The van der Waals surface area contributed by atoms with Crippen LogP contribution in [0.2, 0.25) is 0 Å². The first-order valence-electron chi connectivity index (χ1n) is 10.6. The Morgan fingerprint density at radius 2 is 1.80 bits per heavy atom. The Labute approximate surface area is 179 Å². The van der Waals surface area contributed by atoms with E-state index >= 15 is 0 Å². The van der Waals surface area contributed by atoms with Gasteiger partial charge < -0.3 is 9.84 Å². The summed E-state index contributed by atoms with van der Waals surface area (Å²) in [7, 11) is 0. The molecule has 2 aromatic carbocycles. The van der Waals surface area contributed by atoms with Crippen LogP contribution >= 0.6 is 0 Å². The number of carbonyl (C=O) groups excluding carboxylic acids is 1. The first kappa shape index (κ1) is 22.1. The molecule has 3 rings (SSSR count). The fourth-order valence-corrected chi connectivity index (χ4v) is 3.74. The molecule has 0 heterocycles. The van der Waals surface area contributed by atoms with Gasteiger partial charge in [0.1, 0.15) is 17.2 Å². The van der Waals surface area contributed by atoms with E-state index < -0.39 is 17.2 Å². The molecule has 1 aliphatic rings. The zero-order valence-corrected chi connectivity index (χ0v) is 18.0. The van der Waals surface area contributed by atoms with Crippen molar-refractivity contribution >= 4 is 5.97 Å². The van der Waals surface area contributed by atoms with E-state index in [1.54, 1.807) is 0 Å². The molecule has 4 heteroatoms. The van der Waals surface area contributed by atoms with Gasteiger partial charge in [-0.05, 0) is 64.2 Å². The predicted octanol–water partition coefficient (Wildman–Crippen LogP) is 3.86. The first-order chi connectivity index (χ1) is 14.3. The van der Waals surface area contributed by atoms with Crippen LogP contribution in [0.1, 0.15) is 51.2 Å². The monoisotopic (exact) mass is 405 g/mol. The van der Waals surface area contributed by atoms with Gasteiger partial charge in [0.15, 0.2) is 0 Å². The SMILES string of the molecule is CC(C)(C)OC(=O)[C@H](Cc1ccccc1)N[C@@H]1CCC[C@@]1(O)C#Cc1ccccc1. The van der Waals surface area contributed by atoms with Crippen LogP contribution in [-0.2, 0) is 16.0 Å². The van der Waals surface area contributed by atoms with Crippen LogP contribution in [-0.4, -0.2) is 34.4 Å². The number of ether oxygens (including phenoxy) is 1. The molecule has 158 valence electrons. The number of aliphatic hydroxyl groups is 1. The molecule has 0 amide bonds. The second-order valence-electron chi connectivity index (χ2n) is 8.93. The van der Waals surface area contributed by atoms with Gasteiger partial charge in [0.25, 0.3) is 0 Å². The van der Waals surface area contributed by atoms with Crippen LogP contribution in [0.15, 0.2) is 60.7 Å². The Hall–Kier alpha value is -2.61. The summed E-state index contributed by atoms with van der Waals surface area (Å²) in [6.07, 6.45) is 2.68. The standard InChI is InChI=1S/C26H31NO3/c1-25(2,3)30-24(28)22(19-21-13-8-5-9-14-21)27-23-15-10-17-26(23,29)18-16-20-11-6-4-7-12-20/h4-9,11-14,22-23,27,29H,10,15,17,19H2,1-3H3/t22-,23+,26+/m0/s1. The predicted molar refractivity (Wildman–Crippen MR) is 119 cm³/mol. The van der Waals surface area contributed by atoms with E-state index in [0.29, 0.717) is 12.8 Å². The lowest BCUT2D eigenvalue weighted by atomic mass is 9.95. The second-order valence-corrected chi connectivity index (χ2v) is 8.93. The zero-order valence-electron chi connectivity index (χ0n) is 18.0. The van der Waals surface area contributed by atoms with E-state index in [0.717, 1.165) is 24.0 Å². The molecule has 0 unspecified atom stereocenters. The molecule has 0 saturated heterocycles. The summed E-state index contributed by atoms with van der Waals surface area (Å²) < 4.78 is 5.66. The van der Waals surface area contributed by atoms with Crippen molar-refractivity contribution in [1.82, 2.24) is 5.32 Å². The van der Waals surface area contributed by atoms with E-state index in [4.69, 9.17) is 4.74 Å². The summed E-state index contributed by atoms with van der Waals surface area (Å²) in [4.78, 5) is 12.9. The van der Waals surface area contributed by atoms with Crippen LogP contribution in [0.4, 0.5) is 0 Å². The highest BCUT2D eigenvalue weighted by atomic mass is 16.6. The first-order valence-corrected chi connectivity index (χ1v) is 10.6. The molecule has 3 atom stereocenters. The maximum absolute atomic E-state index is 12.9. The molecule has 0 aromatic heterocycles. The molecule has 2 N–H and O–H groups in total. The molecule has 2 aromatic rings. The molecule has 4 nitrogen and oxygen atoms in total. The van der Waals surface area contributed by atoms with Crippen LogP contribution in [0.25, 0.3) is 0 Å². The van der Waals surface area contributed by atoms with Gasteiger partial charge in [0.05, 0.1) is 0 Å². The summed E-state index contributed by atoms with van der Waals surface area (Å²) >= 11 is 0. The fraction of sp³-hybridized carbons (Fsp3) is 0.423. The molecular weight excluding hydrogens is 374 g/mol. The number of benzene rings is 2. The van der Waals surface area contributed by atoms with Crippen LogP contribution < -0.4 is 5.32 Å². The average Bonchev–Trinajstić information content (AvgIpc) is 3.07. The fourth-order valence-electron chi connectivity index (χ4n) is 3.74. The number of esters is 1. The number of hydrogen-bond donors (Lipinski definition) is 2. The highest BCUT2D eigenvalue weighted by Crippen LogP contribution is 2.30. The Balaban J connectivity index is 1.79. The average molecular weight is 406 g/mol. The normalized spacial score (nSPS) is 22.1. The van der Waals surface area contributed by atoms with Gasteiger partial charge in [-0.15, -0.1) is 0 Å². The second kappa shape index (κ2) is 9.47. The minimum absolute atomic E-state index is 0.296. The van der Waals surface area contributed by atoms with Crippen LogP contribution in [0.3, 0.4) is 0 Å². The summed E-state index contributed by atoms with van der Waals surface area (Å²) in [6.45, 7) is 5.59. The van der Waals surface area contributed by atoms with Crippen molar-refractivity contribution in [2.45, 2.75) is 69.7 Å². The van der Waals surface area contributed by atoms with Gasteiger partial charge in [0, 0.05) is 11.6 Å². The molecule has 1 fully saturated rings. The Kier molecular flexibility index (Phi) is 6.97. The van der Waals surface area contributed by atoms with Crippen molar-refractivity contribution in [2.75, 3.05) is 0 Å². The van der Waals surface area contributed by atoms with Crippen molar-refractivity contribution in [1.29, 1.82) is 0 Å². The lowest BCUT2D eigenvalue weighted by Gasteiger charge is -2.31. The van der Waals surface area contributed by atoms with E-state index in [-0.39, 0.29) is 12.0 Å². The highest BCUT2D eigenvalue weighted by molar-refractivity contribution is 5.76. The van der Waals surface area contributed by atoms with Gasteiger partial charge >= 0.3 is 5.97 Å². The van der Waals surface area contributed by atoms with E-state index in [9.17, 15) is 9.90 Å². The molecule has 0 radical (unpaired) electrons. The Morgan fingerprint density at radius 1 is 1.17 bits per heavy atom. The topological polar surface area (TPSA) is 58.6 Å². The van der Waals surface area contributed by atoms with Gasteiger partial charge in [-0.1, -0.05) is 60.4 Å². The molecule has 1 aliphatic carbocycles. The largest absolute Gasteiger partial charge is 0.459 e. The maximum atomic E-state index is 12.9. The molecule has 0 aliphatic heterocycles. The van der Waals surface area contributed by atoms with Crippen LogP contribution in [0.5, 0.6) is 0 Å². The third-order valence-corrected chi connectivity index (χ3v) is 5.20. The van der Waals surface area contributed by atoms with E-state index in [1.165, 1.54) is 0 Å². The van der Waals surface area contributed by atoms with Gasteiger partial charge in [-0.25, -0.2) is 0 Å². The Bertz CT molecular complexity index is 893. The zero-order chi connectivity index (χ0) is 21.6. The van der Waals surface area contributed by atoms with Crippen molar-refractivity contribution in [2.24, 2.45) is 0 Å². The smallest absolute Gasteiger partial charge is 0.324 e. The minimum Gasteiger partial charge on any atom is -0.459 e. The quantitative estimate of drug-likeness (QED) is 0.586. The van der Waals surface area contributed by atoms with Gasteiger partial charge in [-0.2, -0.15) is 0 Å². The van der Waals surface area contributed by atoms with Crippen molar-refractivity contribution in [3.8, 4) is 11.8 Å².